The van der Waals surface area contributed by atoms with Crippen molar-refractivity contribution in [2.45, 2.75) is 24.8 Å². The number of nitrogens with zero attached hydrogens (tertiary/aromatic N) is 4. The molecule has 0 amide bonds. The number of nitrogens with one attached hydrogen (secondary N) is 1. The van der Waals surface area contributed by atoms with E-state index >= 15 is 0 Å². The van der Waals surface area contributed by atoms with Gasteiger partial charge >= 0.3 is 0 Å². The van der Waals surface area contributed by atoms with E-state index in [0.717, 1.165) is 17.9 Å². The first-order chi connectivity index (χ1) is 10.2. The van der Waals surface area contributed by atoms with Crippen LogP contribution in [0.2, 0.25) is 0 Å². The van der Waals surface area contributed by atoms with Crippen molar-refractivity contribution in [3.8, 4) is 0 Å². The lowest BCUT2D eigenvalue weighted by Gasteiger charge is -2.19. The third kappa shape index (κ3) is 2.05. The summed E-state index contributed by atoms with van der Waals surface area (Å²) in [5.41, 5.74) is 3.45. The van der Waals surface area contributed by atoms with E-state index in [1.807, 2.05) is 19.1 Å². The largest absolute Gasteiger partial charge is 0.362 e. The number of aromatic nitrogens is 4. The van der Waals surface area contributed by atoms with Crippen LogP contribution in [0.25, 0.3) is 5.78 Å². The van der Waals surface area contributed by atoms with Crippen LogP contribution in [0.4, 0.5) is 5.82 Å². The highest BCUT2D eigenvalue weighted by molar-refractivity contribution is 6.21. The second-order valence-corrected chi connectivity index (χ2v) is 5.86. The lowest BCUT2D eigenvalue weighted by Crippen LogP contribution is -2.19. The molecule has 0 saturated heterocycles. The maximum atomic E-state index is 6.53. The maximum absolute atomic E-state index is 6.53. The molecule has 0 saturated carbocycles. The number of halogens is 1. The topological polar surface area (TPSA) is 55.1 Å². The number of rotatable bonds is 2. The van der Waals surface area contributed by atoms with E-state index in [2.05, 4.69) is 38.6 Å². The Hall–Kier alpha value is -2.14. The predicted molar refractivity (Wildman–Crippen MR) is 81.7 cm³/mol. The maximum Gasteiger partial charge on any atom is 0.254 e. The monoisotopic (exact) mass is 299 g/mol. The van der Waals surface area contributed by atoms with Crippen LogP contribution < -0.4 is 5.32 Å². The molecule has 1 aliphatic rings. The highest BCUT2D eigenvalue weighted by atomic mass is 35.5. The number of fused-ring (bicyclic) bond motifs is 2. The van der Waals surface area contributed by atoms with E-state index in [1.54, 1.807) is 4.52 Å². The molecule has 5 nitrogen and oxygen atoms in total. The molecule has 21 heavy (non-hydrogen) atoms. The molecule has 0 bridgehead atoms. The highest BCUT2D eigenvalue weighted by Gasteiger charge is 2.31. The van der Waals surface area contributed by atoms with Crippen LogP contribution in [-0.4, -0.2) is 25.0 Å². The summed E-state index contributed by atoms with van der Waals surface area (Å²) in [5.74, 6) is 1.46. The molecule has 2 heterocycles. The van der Waals surface area contributed by atoms with Crippen molar-refractivity contribution in [3.63, 3.8) is 0 Å². The van der Waals surface area contributed by atoms with Crippen LogP contribution >= 0.6 is 11.6 Å². The molecule has 0 aliphatic heterocycles. The Balaban J connectivity index is 1.77. The van der Waals surface area contributed by atoms with Crippen LogP contribution in [-0.2, 0) is 6.42 Å². The molecule has 6 heteroatoms. The normalized spacial score (nSPS) is 20.7. The lowest BCUT2D eigenvalue weighted by atomic mass is 10.1. The Labute approximate surface area is 127 Å². The number of hydrogen-bond donors (Lipinski definition) is 1. The molecule has 2 atom stereocenters. The van der Waals surface area contributed by atoms with Crippen molar-refractivity contribution in [1.82, 2.24) is 19.6 Å². The quantitative estimate of drug-likeness (QED) is 0.739. The number of hydrogen-bond acceptors (Lipinski definition) is 4. The minimum atomic E-state index is 0.0226. The molecule has 3 aromatic rings. The molecule has 1 N–H and O–H groups in total. The van der Waals surface area contributed by atoms with Gasteiger partial charge in [-0.15, -0.1) is 11.6 Å². The second-order valence-electron chi connectivity index (χ2n) is 5.30. The van der Waals surface area contributed by atoms with Crippen molar-refractivity contribution in [2.75, 3.05) is 5.32 Å². The van der Waals surface area contributed by atoms with Gasteiger partial charge in [-0.1, -0.05) is 24.3 Å². The van der Waals surface area contributed by atoms with Gasteiger partial charge in [-0.3, -0.25) is 0 Å². The Morgan fingerprint density at radius 3 is 3.10 bits per heavy atom. The summed E-state index contributed by atoms with van der Waals surface area (Å²) in [7, 11) is 0. The van der Waals surface area contributed by atoms with E-state index in [1.165, 1.54) is 17.5 Å². The SMILES string of the molecule is Cc1cc(NC2c3ccccc3CC2Cl)n2ncnc2n1. The van der Waals surface area contributed by atoms with Crippen molar-refractivity contribution in [2.24, 2.45) is 0 Å². The van der Waals surface area contributed by atoms with Gasteiger partial charge in [0.15, 0.2) is 0 Å². The fourth-order valence-corrected chi connectivity index (χ4v) is 3.27. The van der Waals surface area contributed by atoms with Gasteiger partial charge < -0.3 is 5.32 Å². The Bertz CT molecular complexity index is 813. The van der Waals surface area contributed by atoms with Crippen LogP contribution in [0.3, 0.4) is 0 Å². The van der Waals surface area contributed by atoms with Crippen LogP contribution in [0.5, 0.6) is 0 Å². The van der Waals surface area contributed by atoms with Crippen molar-refractivity contribution >= 4 is 23.2 Å². The Morgan fingerprint density at radius 2 is 2.19 bits per heavy atom. The first kappa shape index (κ1) is 12.6. The zero-order valence-corrected chi connectivity index (χ0v) is 12.2. The van der Waals surface area contributed by atoms with E-state index in [9.17, 15) is 0 Å². The zero-order valence-electron chi connectivity index (χ0n) is 11.5. The molecule has 4 rings (SSSR count). The molecule has 0 radical (unpaired) electrons. The highest BCUT2D eigenvalue weighted by Crippen LogP contribution is 2.37. The van der Waals surface area contributed by atoms with Gasteiger partial charge in [0.2, 0.25) is 0 Å². The third-order valence-electron chi connectivity index (χ3n) is 3.85. The zero-order chi connectivity index (χ0) is 14.4. The van der Waals surface area contributed by atoms with Crippen LogP contribution in [0.15, 0.2) is 36.7 Å². The fraction of sp³-hybridized carbons (Fsp3) is 0.267. The lowest BCUT2D eigenvalue weighted by molar-refractivity contribution is 0.755. The standard InChI is InChI=1S/C15H14ClN5/c1-9-6-13(21-15(19-9)17-8-18-21)20-14-11-5-3-2-4-10(11)7-12(14)16/h2-6,8,12,14,20H,7H2,1H3. The molecule has 106 valence electrons. The van der Waals surface area contributed by atoms with Gasteiger partial charge in [-0.05, 0) is 24.5 Å². The molecule has 2 unspecified atom stereocenters. The number of benzene rings is 1. The Kier molecular flexibility index (Phi) is 2.82. The van der Waals surface area contributed by atoms with Gasteiger partial charge in [-0.2, -0.15) is 14.6 Å². The van der Waals surface area contributed by atoms with Gasteiger partial charge in [0.1, 0.15) is 12.1 Å². The smallest absolute Gasteiger partial charge is 0.254 e. The molecule has 0 spiro atoms. The summed E-state index contributed by atoms with van der Waals surface area (Å²) >= 11 is 6.53. The van der Waals surface area contributed by atoms with E-state index in [0.29, 0.717) is 5.78 Å². The first-order valence-corrected chi connectivity index (χ1v) is 7.32. The predicted octanol–water partition coefficient (Wildman–Crippen LogP) is 2.75. The summed E-state index contributed by atoms with van der Waals surface area (Å²) in [5, 5.41) is 7.75. The first-order valence-electron chi connectivity index (χ1n) is 6.88. The van der Waals surface area contributed by atoms with Crippen LogP contribution in [0.1, 0.15) is 22.9 Å². The van der Waals surface area contributed by atoms with Gasteiger partial charge in [0.05, 0.1) is 11.4 Å². The van der Waals surface area contributed by atoms with E-state index in [-0.39, 0.29) is 11.4 Å². The van der Waals surface area contributed by atoms with Gasteiger partial charge in [0.25, 0.3) is 5.78 Å². The molecule has 0 fully saturated rings. The van der Waals surface area contributed by atoms with Crippen molar-refractivity contribution in [1.29, 1.82) is 0 Å². The van der Waals surface area contributed by atoms with E-state index < -0.39 is 0 Å². The Morgan fingerprint density at radius 1 is 1.33 bits per heavy atom. The van der Waals surface area contributed by atoms with Crippen molar-refractivity contribution in [3.05, 3.63) is 53.5 Å². The summed E-state index contributed by atoms with van der Waals surface area (Å²) in [6.45, 7) is 1.95. The number of alkyl halides is 1. The third-order valence-corrected chi connectivity index (χ3v) is 4.26. The van der Waals surface area contributed by atoms with Crippen molar-refractivity contribution < 1.29 is 0 Å². The van der Waals surface area contributed by atoms with E-state index in [4.69, 9.17) is 11.6 Å². The van der Waals surface area contributed by atoms with Gasteiger partial charge in [-0.25, -0.2) is 4.98 Å². The average Bonchev–Trinajstić information content (AvgIpc) is 3.04. The van der Waals surface area contributed by atoms with Gasteiger partial charge in [0, 0.05) is 11.8 Å². The van der Waals surface area contributed by atoms with Crippen LogP contribution in [0, 0.1) is 6.92 Å². The second kappa shape index (κ2) is 4.70. The fourth-order valence-electron chi connectivity index (χ4n) is 2.91. The minimum Gasteiger partial charge on any atom is -0.362 e. The molecule has 1 aromatic carbocycles. The molecule has 2 aromatic heterocycles. The molecular weight excluding hydrogens is 286 g/mol. The summed E-state index contributed by atoms with van der Waals surface area (Å²) in [4.78, 5) is 8.50. The molecule has 1 aliphatic carbocycles. The molecular formula is C15H14ClN5. The average molecular weight is 300 g/mol. The minimum absolute atomic E-state index is 0.0226. The summed E-state index contributed by atoms with van der Waals surface area (Å²) in [6, 6.07) is 10.4. The number of aryl methyl sites for hydroxylation is 1. The summed E-state index contributed by atoms with van der Waals surface area (Å²) in [6.07, 6.45) is 2.38. The summed E-state index contributed by atoms with van der Waals surface area (Å²) < 4.78 is 1.71. The number of anilines is 1.